The summed E-state index contributed by atoms with van der Waals surface area (Å²) in [6.45, 7) is 1.48. The monoisotopic (exact) mass is 180 g/mol. The number of carboxylic acids is 2. The summed E-state index contributed by atoms with van der Waals surface area (Å²) in [5.74, 6) is -2.22. The van der Waals surface area contributed by atoms with Gasteiger partial charge in [-0.3, -0.25) is 0 Å². The molecule has 13 heavy (non-hydrogen) atoms. The normalized spacial score (nSPS) is 9.62. The van der Waals surface area contributed by atoms with Gasteiger partial charge in [0, 0.05) is 0 Å². The zero-order valence-electron chi connectivity index (χ0n) is 6.94. The third-order valence-corrected chi connectivity index (χ3v) is 1.79. The van der Waals surface area contributed by atoms with Crippen molar-refractivity contribution >= 4 is 11.9 Å². The number of rotatable bonds is 2. The van der Waals surface area contributed by atoms with Crippen molar-refractivity contribution in [2.75, 3.05) is 0 Å². The third-order valence-electron chi connectivity index (χ3n) is 1.79. The Bertz CT molecular complexity index is 336. The Morgan fingerprint density at radius 2 is 1.46 bits per heavy atom. The standard InChI is InChI=1S/C9H8O4/c1-5-6(8(10)11)3-2-4-7(5)9(12)13/h2-4H,1H3,(H,10,11)(H,12,13). The highest BCUT2D eigenvalue weighted by atomic mass is 16.4. The van der Waals surface area contributed by atoms with E-state index in [-0.39, 0.29) is 16.7 Å². The number of hydrogen-bond acceptors (Lipinski definition) is 2. The van der Waals surface area contributed by atoms with Gasteiger partial charge in [0.25, 0.3) is 0 Å². The fourth-order valence-electron chi connectivity index (χ4n) is 1.10. The molecule has 0 radical (unpaired) electrons. The van der Waals surface area contributed by atoms with Crippen LogP contribution in [-0.4, -0.2) is 22.2 Å². The Morgan fingerprint density at radius 1 is 1.08 bits per heavy atom. The van der Waals surface area contributed by atoms with Crippen LogP contribution in [0.4, 0.5) is 0 Å². The van der Waals surface area contributed by atoms with Crippen molar-refractivity contribution in [1.29, 1.82) is 0 Å². The van der Waals surface area contributed by atoms with Crippen molar-refractivity contribution in [2.24, 2.45) is 0 Å². The number of hydrogen-bond donors (Lipinski definition) is 2. The van der Waals surface area contributed by atoms with Crippen molar-refractivity contribution < 1.29 is 19.8 Å². The average molecular weight is 180 g/mol. The van der Waals surface area contributed by atoms with E-state index in [0.717, 1.165) is 0 Å². The second-order valence-electron chi connectivity index (χ2n) is 2.59. The van der Waals surface area contributed by atoms with Gasteiger partial charge in [0.1, 0.15) is 0 Å². The topological polar surface area (TPSA) is 74.6 Å². The van der Waals surface area contributed by atoms with Crippen LogP contribution in [0.2, 0.25) is 0 Å². The fourth-order valence-corrected chi connectivity index (χ4v) is 1.10. The Morgan fingerprint density at radius 3 is 1.77 bits per heavy atom. The second kappa shape index (κ2) is 3.26. The van der Waals surface area contributed by atoms with E-state index < -0.39 is 11.9 Å². The van der Waals surface area contributed by atoms with Gasteiger partial charge in [-0.2, -0.15) is 0 Å². The quantitative estimate of drug-likeness (QED) is 0.721. The summed E-state index contributed by atoms with van der Waals surface area (Å²) in [6.07, 6.45) is 0. The summed E-state index contributed by atoms with van der Waals surface area (Å²) < 4.78 is 0. The van der Waals surface area contributed by atoms with Crippen molar-refractivity contribution in [1.82, 2.24) is 0 Å². The van der Waals surface area contributed by atoms with E-state index in [9.17, 15) is 9.59 Å². The van der Waals surface area contributed by atoms with E-state index in [1.54, 1.807) is 0 Å². The fraction of sp³-hybridized carbons (Fsp3) is 0.111. The summed E-state index contributed by atoms with van der Waals surface area (Å²) in [7, 11) is 0. The van der Waals surface area contributed by atoms with Crippen molar-refractivity contribution in [3.63, 3.8) is 0 Å². The van der Waals surface area contributed by atoms with Gasteiger partial charge in [0.05, 0.1) is 11.1 Å². The smallest absolute Gasteiger partial charge is 0.335 e. The lowest BCUT2D eigenvalue weighted by Crippen LogP contribution is -2.06. The molecule has 0 saturated heterocycles. The minimum absolute atomic E-state index is 0.0277. The molecule has 0 aliphatic rings. The van der Waals surface area contributed by atoms with Crippen LogP contribution < -0.4 is 0 Å². The first kappa shape index (κ1) is 9.25. The summed E-state index contributed by atoms with van der Waals surface area (Å²) >= 11 is 0. The van der Waals surface area contributed by atoms with Gasteiger partial charge in [-0.05, 0) is 24.6 Å². The van der Waals surface area contributed by atoms with Crippen molar-refractivity contribution in [3.05, 3.63) is 34.9 Å². The van der Waals surface area contributed by atoms with Crippen LogP contribution in [0.25, 0.3) is 0 Å². The van der Waals surface area contributed by atoms with Crippen LogP contribution in [0.1, 0.15) is 26.3 Å². The maximum absolute atomic E-state index is 10.6. The minimum atomic E-state index is -1.11. The summed E-state index contributed by atoms with van der Waals surface area (Å²) in [4.78, 5) is 21.2. The molecule has 0 aliphatic carbocycles. The zero-order chi connectivity index (χ0) is 10.0. The highest BCUT2D eigenvalue weighted by Crippen LogP contribution is 2.13. The Kier molecular flexibility index (Phi) is 2.32. The number of benzene rings is 1. The first-order valence-electron chi connectivity index (χ1n) is 3.60. The molecule has 0 aliphatic heterocycles. The molecule has 0 aromatic heterocycles. The number of carbonyl (C=O) groups is 2. The number of aromatic carboxylic acids is 2. The molecule has 0 unspecified atom stereocenters. The summed E-state index contributed by atoms with van der Waals surface area (Å²) in [5.41, 5.74) is 0.335. The SMILES string of the molecule is Cc1c(C(=O)O)cccc1C(=O)O. The Labute approximate surface area is 74.4 Å². The van der Waals surface area contributed by atoms with Crippen LogP contribution >= 0.6 is 0 Å². The van der Waals surface area contributed by atoms with E-state index in [4.69, 9.17) is 10.2 Å². The van der Waals surface area contributed by atoms with Crippen LogP contribution in [-0.2, 0) is 0 Å². The Hall–Kier alpha value is -1.84. The van der Waals surface area contributed by atoms with Gasteiger partial charge in [0.2, 0.25) is 0 Å². The maximum atomic E-state index is 10.6. The molecule has 1 aromatic rings. The molecule has 0 saturated carbocycles. The van der Waals surface area contributed by atoms with Crippen LogP contribution in [0.5, 0.6) is 0 Å². The third kappa shape index (κ3) is 1.66. The van der Waals surface area contributed by atoms with Gasteiger partial charge in [-0.15, -0.1) is 0 Å². The molecule has 4 heteroatoms. The highest BCUT2D eigenvalue weighted by Gasteiger charge is 2.13. The largest absolute Gasteiger partial charge is 0.478 e. The summed E-state index contributed by atoms with van der Waals surface area (Å²) in [6, 6.07) is 4.17. The van der Waals surface area contributed by atoms with Crippen LogP contribution in [0, 0.1) is 6.92 Å². The van der Waals surface area contributed by atoms with Gasteiger partial charge in [-0.25, -0.2) is 9.59 Å². The van der Waals surface area contributed by atoms with E-state index in [2.05, 4.69) is 0 Å². The van der Waals surface area contributed by atoms with Gasteiger partial charge < -0.3 is 10.2 Å². The van der Waals surface area contributed by atoms with E-state index in [1.165, 1.54) is 25.1 Å². The predicted octanol–water partition coefficient (Wildman–Crippen LogP) is 1.39. The van der Waals surface area contributed by atoms with Crippen molar-refractivity contribution in [3.8, 4) is 0 Å². The molecule has 0 heterocycles. The van der Waals surface area contributed by atoms with Gasteiger partial charge in [-0.1, -0.05) is 6.07 Å². The molecule has 0 atom stereocenters. The van der Waals surface area contributed by atoms with Crippen LogP contribution in [0.15, 0.2) is 18.2 Å². The molecule has 68 valence electrons. The zero-order valence-corrected chi connectivity index (χ0v) is 6.94. The highest BCUT2D eigenvalue weighted by molar-refractivity contribution is 5.96. The molecule has 1 aromatic carbocycles. The molecular formula is C9H8O4. The molecule has 2 N–H and O–H groups in total. The van der Waals surface area contributed by atoms with Crippen molar-refractivity contribution in [2.45, 2.75) is 6.92 Å². The lowest BCUT2D eigenvalue weighted by Gasteiger charge is -2.03. The lowest BCUT2D eigenvalue weighted by atomic mass is 10.0. The predicted molar refractivity (Wildman–Crippen MR) is 45.1 cm³/mol. The van der Waals surface area contributed by atoms with E-state index in [0.29, 0.717) is 0 Å². The van der Waals surface area contributed by atoms with Gasteiger partial charge in [0.15, 0.2) is 0 Å². The lowest BCUT2D eigenvalue weighted by molar-refractivity contribution is 0.0696. The van der Waals surface area contributed by atoms with E-state index >= 15 is 0 Å². The molecule has 0 fully saturated rings. The van der Waals surface area contributed by atoms with Gasteiger partial charge >= 0.3 is 11.9 Å². The second-order valence-corrected chi connectivity index (χ2v) is 2.59. The molecular weight excluding hydrogens is 172 g/mol. The molecule has 1 rings (SSSR count). The maximum Gasteiger partial charge on any atom is 0.335 e. The molecule has 0 bridgehead atoms. The number of carboxylic acid groups (broad SMARTS) is 2. The summed E-state index contributed by atoms with van der Waals surface area (Å²) in [5, 5.41) is 17.4. The first-order chi connectivity index (χ1) is 6.04. The first-order valence-corrected chi connectivity index (χ1v) is 3.60. The molecule has 0 amide bonds. The minimum Gasteiger partial charge on any atom is -0.478 e. The molecule has 4 nitrogen and oxygen atoms in total. The van der Waals surface area contributed by atoms with Crippen LogP contribution in [0.3, 0.4) is 0 Å². The average Bonchev–Trinajstić information content (AvgIpc) is 2.03. The Balaban J connectivity index is 3.35. The van der Waals surface area contributed by atoms with E-state index in [1.807, 2.05) is 0 Å². The molecule has 0 spiro atoms.